The van der Waals surface area contributed by atoms with Crippen LogP contribution in [0.5, 0.6) is 5.75 Å². The summed E-state index contributed by atoms with van der Waals surface area (Å²) in [7, 11) is 1.62. The highest BCUT2D eigenvalue weighted by Crippen LogP contribution is 2.45. The molecule has 1 saturated heterocycles. The summed E-state index contributed by atoms with van der Waals surface area (Å²) in [6.07, 6.45) is 1.81. The topological polar surface area (TPSA) is 71.8 Å². The Bertz CT molecular complexity index is 763. The van der Waals surface area contributed by atoms with Gasteiger partial charge in [0.15, 0.2) is 0 Å². The second kappa shape index (κ2) is 8.31. The summed E-state index contributed by atoms with van der Waals surface area (Å²) in [6.45, 7) is 2.61. The van der Waals surface area contributed by atoms with Gasteiger partial charge in [0.05, 0.1) is 25.2 Å². The molecule has 2 atom stereocenters. The molecule has 1 N–H and O–H groups in total. The second-order valence-corrected chi connectivity index (χ2v) is 7.44. The van der Waals surface area contributed by atoms with Crippen molar-refractivity contribution in [2.45, 2.75) is 30.5 Å². The van der Waals surface area contributed by atoms with Gasteiger partial charge >= 0.3 is 0 Å². The van der Waals surface area contributed by atoms with E-state index in [-0.39, 0.29) is 28.9 Å². The molecular formula is C19H22N2O4S. The van der Waals surface area contributed by atoms with E-state index in [1.165, 1.54) is 0 Å². The van der Waals surface area contributed by atoms with E-state index in [9.17, 15) is 9.59 Å². The van der Waals surface area contributed by atoms with Gasteiger partial charge in [-0.2, -0.15) is 0 Å². The van der Waals surface area contributed by atoms with Crippen LogP contribution in [0, 0.1) is 0 Å². The molecule has 138 valence electrons. The Morgan fingerprint density at radius 2 is 2.12 bits per heavy atom. The molecule has 1 aromatic heterocycles. The Labute approximate surface area is 156 Å². The maximum absolute atomic E-state index is 12.6. The third kappa shape index (κ3) is 4.04. The molecule has 7 heteroatoms. The van der Waals surface area contributed by atoms with Gasteiger partial charge in [-0.05, 0) is 25.1 Å². The number of amides is 2. The van der Waals surface area contributed by atoms with E-state index >= 15 is 0 Å². The molecule has 1 aliphatic heterocycles. The van der Waals surface area contributed by atoms with Gasteiger partial charge in [-0.25, -0.2) is 0 Å². The summed E-state index contributed by atoms with van der Waals surface area (Å²) in [5.41, 5.74) is 0.952. The lowest BCUT2D eigenvalue weighted by Crippen LogP contribution is -2.34. The number of nitrogens with one attached hydrogen (secondary N) is 1. The first kappa shape index (κ1) is 18.4. The molecule has 0 aliphatic carbocycles. The zero-order chi connectivity index (χ0) is 18.5. The summed E-state index contributed by atoms with van der Waals surface area (Å²) in [5.74, 6) is 1.38. The smallest absolute Gasteiger partial charge is 0.236 e. The average Bonchev–Trinajstić information content (AvgIpc) is 3.27. The number of rotatable bonds is 7. The van der Waals surface area contributed by atoms with Crippen LogP contribution in [0.25, 0.3) is 0 Å². The molecule has 26 heavy (non-hydrogen) atoms. The minimum atomic E-state index is -0.147. The Morgan fingerprint density at radius 1 is 1.31 bits per heavy atom. The van der Waals surface area contributed by atoms with Crippen molar-refractivity contribution in [3.05, 3.63) is 54.0 Å². The quantitative estimate of drug-likeness (QED) is 0.807. The Balaban J connectivity index is 1.64. The highest BCUT2D eigenvalue weighted by atomic mass is 32.2. The fourth-order valence-electron chi connectivity index (χ4n) is 2.92. The number of para-hydroxylation sites is 1. The van der Waals surface area contributed by atoms with Crippen LogP contribution in [-0.4, -0.2) is 35.6 Å². The first-order valence-electron chi connectivity index (χ1n) is 8.48. The van der Waals surface area contributed by atoms with Crippen LogP contribution in [0.1, 0.15) is 30.0 Å². The number of hydrogen-bond acceptors (Lipinski definition) is 5. The average molecular weight is 374 g/mol. The standard InChI is InChI=1S/C19H22N2O4S/c1-13-18(23)21(10-9-17(22)20-12-14-6-5-11-25-14)19(26-13)15-7-3-4-8-16(15)24-2/h3-8,11,13,19H,9-10,12H2,1-2H3,(H,20,22)/t13-,19-/m1/s1. The van der Waals surface area contributed by atoms with Crippen LogP contribution in [-0.2, 0) is 16.1 Å². The number of nitrogens with zero attached hydrogens (tertiary/aromatic N) is 1. The second-order valence-electron chi connectivity index (χ2n) is 6.01. The van der Waals surface area contributed by atoms with Gasteiger partial charge in [0.1, 0.15) is 16.9 Å². The molecule has 3 rings (SSSR count). The number of carbonyl (C=O) groups is 2. The van der Waals surface area contributed by atoms with E-state index in [0.717, 1.165) is 11.3 Å². The molecule has 0 saturated carbocycles. The van der Waals surface area contributed by atoms with E-state index < -0.39 is 0 Å². The fourth-order valence-corrected chi connectivity index (χ4v) is 4.26. The van der Waals surface area contributed by atoms with E-state index in [1.54, 1.807) is 42.2 Å². The van der Waals surface area contributed by atoms with Gasteiger partial charge in [0, 0.05) is 18.5 Å². The van der Waals surface area contributed by atoms with Crippen LogP contribution >= 0.6 is 11.8 Å². The van der Waals surface area contributed by atoms with Crippen molar-refractivity contribution in [1.29, 1.82) is 0 Å². The van der Waals surface area contributed by atoms with Crippen molar-refractivity contribution in [2.24, 2.45) is 0 Å². The molecule has 2 heterocycles. The molecule has 0 unspecified atom stereocenters. The lowest BCUT2D eigenvalue weighted by atomic mass is 10.1. The number of furan rings is 1. The molecular weight excluding hydrogens is 352 g/mol. The summed E-state index contributed by atoms with van der Waals surface area (Å²) < 4.78 is 10.6. The Hall–Kier alpha value is -2.41. The maximum atomic E-state index is 12.6. The zero-order valence-corrected chi connectivity index (χ0v) is 15.6. The zero-order valence-electron chi connectivity index (χ0n) is 14.8. The lowest BCUT2D eigenvalue weighted by molar-refractivity contribution is -0.130. The third-order valence-electron chi connectivity index (χ3n) is 4.27. The Morgan fingerprint density at radius 3 is 2.85 bits per heavy atom. The van der Waals surface area contributed by atoms with Gasteiger partial charge in [0.2, 0.25) is 11.8 Å². The van der Waals surface area contributed by atoms with Crippen molar-refractivity contribution in [2.75, 3.05) is 13.7 Å². The summed E-state index contributed by atoms with van der Waals surface area (Å²) in [5, 5.41) is 2.52. The fraction of sp³-hybridized carbons (Fsp3) is 0.368. The van der Waals surface area contributed by atoms with E-state index in [1.807, 2.05) is 31.2 Å². The molecule has 2 aromatic rings. The Kier molecular flexibility index (Phi) is 5.88. The van der Waals surface area contributed by atoms with Gasteiger partial charge in [0.25, 0.3) is 0 Å². The molecule has 1 aromatic carbocycles. The van der Waals surface area contributed by atoms with E-state index in [4.69, 9.17) is 9.15 Å². The van der Waals surface area contributed by atoms with Gasteiger partial charge in [-0.15, -0.1) is 11.8 Å². The van der Waals surface area contributed by atoms with Crippen LogP contribution < -0.4 is 10.1 Å². The molecule has 0 bridgehead atoms. The molecule has 1 fully saturated rings. The monoisotopic (exact) mass is 374 g/mol. The van der Waals surface area contributed by atoms with Crippen LogP contribution in [0.4, 0.5) is 0 Å². The minimum absolute atomic E-state index is 0.0461. The molecule has 1 aliphatic rings. The summed E-state index contributed by atoms with van der Waals surface area (Å²) >= 11 is 1.58. The SMILES string of the molecule is COc1ccccc1[C@H]1S[C@H](C)C(=O)N1CCC(=O)NCc1ccco1. The van der Waals surface area contributed by atoms with Crippen LogP contribution in [0.3, 0.4) is 0 Å². The third-order valence-corrected chi connectivity index (χ3v) is 5.65. The predicted octanol–water partition coefficient (Wildman–Crippen LogP) is 2.96. The number of carbonyl (C=O) groups excluding carboxylic acids is 2. The number of benzene rings is 1. The highest BCUT2D eigenvalue weighted by Gasteiger charge is 2.39. The first-order chi connectivity index (χ1) is 12.6. The predicted molar refractivity (Wildman–Crippen MR) is 99.7 cm³/mol. The first-order valence-corrected chi connectivity index (χ1v) is 9.42. The van der Waals surface area contributed by atoms with Crippen molar-refractivity contribution in [3.8, 4) is 5.75 Å². The van der Waals surface area contributed by atoms with E-state index in [0.29, 0.717) is 18.8 Å². The molecule has 2 amide bonds. The normalized spacial score (nSPS) is 19.6. The number of ether oxygens (including phenoxy) is 1. The summed E-state index contributed by atoms with van der Waals surface area (Å²) in [4.78, 5) is 26.5. The van der Waals surface area contributed by atoms with Crippen LogP contribution in [0.15, 0.2) is 47.1 Å². The van der Waals surface area contributed by atoms with Gasteiger partial charge < -0.3 is 19.4 Å². The van der Waals surface area contributed by atoms with Crippen molar-refractivity contribution >= 4 is 23.6 Å². The van der Waals surface area contributed by atoms with Crippen LogP contribution in [0.2, 0.25) is 0 Å². The minimum Gasteiger partial charge on any atom is -0.496 e. The molecule has 6 nitrogen and oxygen atoms in total. The molecule has 0 radical (unpaired) electrons. The van der Waals surface area contributed by atoms with Gasteiger partial charge in [-0.3, -0.25) is 9.59 Å². The number of methoxy groups -OCH3 is 1. The number of thioether (sulfide) groups is 1. The maximum Gasteiger partial charge on any atom is 0.236 e. The van der Waals surface area contributed by atoms with Crippen molar-refractivity contribution < 1.29 is 18.7 Å². The highest BCUT2D eigenvalue weighted by molar-refractivity contribution is 8.01. The number of hydrogen-bond donors (Lipinski definition) is 1. The summed E-state index contributed by atoms with van der Waals surface area (Å²) in [6, 6.07) is 11.3. The lowest BCUT2D eigenvalue weighted by Gasteiger charge is -2.25. The van der Waals surface area contributed by atoms with Crippen molar-refractivity contribution in [1.82, 2.24) is 10.2 Å². The molecule has 0 spiro atoms. The largest absolute Gasteiger partial charge is 0.496 e. The van der Waals surface area contributed by atoms with Gasteiger partial charge in [-0.1, -0.05) is 18.2 Å². The van der Waals surface area contributed by atoms with E-state index in [2.05, 4.69) is 5.32 Å². The van der Waals surface area contributed by atoms with Crippen molar-refractivity contribution in [3.63, 3.8) is 0 Å².